The Labute approximate surface area is 310 Å². The lowest BCUT2D eigenvalue weighted by Gasteiger charge is -2.46. The van der Waals surface area contributed by atoms with E-state index in [0.29, 0.717) is 17.9 Å². The summed E-state index contributed by atoms with van der Waals surface area (Å²) in [6.07, 6.45) is 0.869. The molecule has 0 spiro atoms. The Morgan fingerprint density at radius 3 is 2.51 bits per heavy atom. The van der Waals surface area contributed by atoms with Gasteiger partial charge in [-0.15, -0.1) is 0 Å². The lowest BCUT2D eigenvalue weighted by molar-refractivity contribution is -0.186. The molecule has 3 rings (SSSR count). The number of hydrogen-bond donors (Lipinski definition) is 4. The van der Waals surface area contributed by atoms with Crippen LogP contribution in [0.1, 0.15) is 59.4 Å². The standard InChI is InChI=1S/C36H52ClN3O10S/c1-20-11-10-12-28(48-9)36(46)19-27(49-34(44)38-36)21(2)22(3)35(5,45)29(50-33(43)23(4)39(6)30(41)13-14-51)18-31(42)40(7)25-16-24(15-20)17-26(47-8)32(25)37/h10-12,16-17,21-23,27-29,45-46,51H,13-15,18-19H2,1-9H3,(H,38,44)/b12-10+,20-11+/t21-,22+,23-,27+,28+,29-,35-,36+/m1/s1. The van der Waals surface area contributed by atoms with Gasteiger partial charge in [0.05, 0.1) is 19.2 Å². The number of amides is 3. The summed E-state index contributed by atoms with van der Waals surface area (Å²) in [7, 11) is 5.85. The van der Waals surface area contributed by atoms with Crippen molar-refractivity contribution in [3.63, 3.8) is 0 Å². The predicted octanol–water partition coefficient (Wildman–Crippen LogP) is 4.06. The number of rotatable bonds is 7. The number of ether oxygens (including phenoxy) is 4. The monoisotopic (exact) mass is 753 g/mol. The molecule has 13 nitrogen and oxygen atoms in total. The van der Waals surface area contributed by atoms with Crippen LogP contribution in [-0.2, 0) is 35.0 Å². The highest BCUT2D eigenvalue weighted by atomic mass is 35.5. The van der Waals surface area contributed by atoms with Crippen LogP contribution in [0.5, 0.6) is 5.75 Å². The largest absolute Gasteiger partial charge is 0.495 e. The number of thiol groups is 1. The van der Waals surface area contributed by atoms with Crippen LogP contribution in [0, 0.1) is 11.8 Å². The third kappa shape index (κ3) is 9.78. The molecule has 1 aromatic rings. The third-order valence-corrected chi connectivity index (χ3v) is 10.8. The molecule has 284 valence electrons. The number of methoxy groups -OCH3 is 2. The highest BCUT2D eigenvalue weighted by Gasteiger charge is 2.51. The molecule has 4 bridgehead atoms. The summed E-state index contributed by atoms with van der Waals surface area (Å²) >= 11 is 10.8. The van der Waals surface area contributed by atoms with Gasteiger partial charge in [0.25, 0.3) is 0 Å². The third-order valence-electron chi connectivity index (χ3n) is 10.2. The number of aliphatic hydroxyl groups is 2. The van der Waals surface area contributed by atoms with Crippen LogP contribution in [0.15, 0.2) is 35.9 Å². The van der Waals surface area contributed by atoms with Crippen molar-refractivity contribution < 1.29 is 48.3 Å². The molecular formula is C36H52ClN3O10S. The molecule has 0 unspecified atom stereocenters. The topological polar surface area (TPSA) is 164 Å². The number of fused-ring (bicyclic) bond motifs is 4. The summed E-state index contributed by atoms with van der Waals surface area (Å²) in [5.41, 5.74) is -1.78. The molecule has 8 atom stereocenters. The van der Waals surface area contributed by atoms with E-state index in [-0.39, 0.29) is 29.5 Å². The zero-order chi connectivity index (χ0) is 38.4. The van der Waals surface area contributed by atoms with E-state index in [1.54, 1.807) is 38.1 Å². The van der Waals surface area contributed by atoms with Gasteiger partial charge < -0.3 is 39.0 Å². The van der Waals surface area contributed by atoms with Crippen LogP contribution in [0.2, 0.25) is 5.02 Å². The first kappa shape index (κ1) is 42.1. The van der Waals surface area contributed by atoms with Crippen LogP contribution >= 0.6 is 24.2 Å². The number of esters is 1. The molecule has 2 aliphatic rings. The number of anilines is 1. The molecule has 1 saturated heterocycles. The normalized spacial score (nSPS) is 31.4. The van der Waals surface area contributed by atoms with Crippen molar-refractivity contribution in [1.82, 2.24) is 10.2 Å². The molecule has 2 heterocycles. The predicted molar refractivity (Wildman–Crippen MR) is 196 cm³/mol. The highest BCUT2D eigenvalue weighted by Crippen LogP contribution is 2.40. The van der Waals surface area contributed by atoms with E-state index >= 15 is 0 Å². The molecule has 3 amide bonds. The summed E-state index contributed by atoms with van der Waals surface area (Å²) in [4.78, 5) is 55.6. The maximum Gasteiger partial charge on any atom is 0.409 e. The molecule has 1 fully saturated rings. The van der Waals surface area contributed by atoms with Crippen LogP contribution < -0.4 is 15.0 Å². The fraction of sp³-hybridized carbons (Fsp3) is 0.611. The first-order valence-electron chi connectivity index (χ1n) is 16.8. The van der Waals surface area contributed by atoms with E-state index in [0.717, 1.165) is 11.1 Å². The molecule has 0 aromatic heterocycles. The van der Waals surface area contributed by atoms with Gasteiger partial charge in [-0.05, 0) is 62.5 Å². The SMILES string of the molecule is COc1cc2cc(c1Cl)N(C)C(=O)C[C@@H](OC(=O)[C@@H](C)N(C)C(=O)CCS)[C@](C)(O)[C@@H](C)[C@@H](C)[C@@H]1C[C@@](O)(NC(=O)O1)[C@@H](OC)/C=C/C=C(\C)C2. The van der Waals surface area contributed by atoms with Crippen LogP contribution in [-0.4, -0.2) is 109 Å². The molecule has 2 aliphatic heterocycles. The number of alkyl carbamates (subject to hydrolysis) is 1. The number of carbonyl (C=O) groups excluding carboxylic acids is 4. The van der Waals surface area contributed by atoms with Gasteiger partial charge >= 0.3 is 12.1 Å². The Hall–Kier alpha value is -3.30. The maximum atomic E-state index is 14.1. The van der Waals surface area contributed by atoms with Crippen molar-refractivity contribution in [3.05, 3.63) is 46.5 Å². The first-order valence-corrected chi connectivity index (χ1v) is 17.8. The fourth-order valence-electron chi connectivity index (χ4n) is 6.32. The molecule has 51 heavy (non-hydrogen) atoms. The van der Waals surface area contributed by atoms with Crippen molar-refractivity contribution in [3.8, 4) is 5.75 Å². The second-order valence-corrected chi connectivity index (χ2v) is 14.5. The Kier molecular flexibility index (Phi) is 14.4. The van der Waals surface area contributed by atoms with Gasteiger partial charge in [-0.2, -0.15) is 12.6 Å². The molecule has 15 heteroatoms. The summed E-state index contributed by atoms with van der Waals surface area (Å²) < 4.78 is 22.7. The maximum absolute atomic E-state index is 14.1. The molecule has 3 N–H and O–H groups in total. The minimum Gasteiger partial charge on any atom is -0.495 e. The van der Waals surface area contributed by atoms with Crippen molar-refractivity contribution in [1.29, 1.82) is 0 Å². The average molecular weight is 754 g/mol. The Bertz CT molecular complexity index is 1520. The molecule has 0 aliphatic carbocycles. The van der Waals surface area contributed by atoms with Crippen LogP contribution in [0.4, 0.5) is 10.5 Å². The molecule has 1 aromatic carbocycles. The van der Waals surface area contributed by atoms with Gasteiger partial charge in [0.1, 0.15) is 40.7 Å². The fourth-order valence-corrected chi connectivity index (χ4v) is 6.83. The Morgan fingerprint density at radius 2 is 1.90 bits per heavy atom. The zero-order valence-corrected chi connectivity index (χ0v) is 32.4. The van der Waals surface area contributed by atoms with E-state index in [1.165, 1.54) is 52.0 Å². The first-order chi connectivity index (χ1) is 23.8. The number of hydrogen-bond acceptors (Lipinski definition) is 11. The summed E-state index contributed by atoms with van der Waals surface area (Å²) in [6, 6.07) is 2.46. The number of carbonyl (C=O) groups is 4. The highest BCUT2D eigenvalue weighted by molar-refractivity contribution is 7.80. The second kappa shape index (κ2) is 17.5. The quantitative estimate of drug-likeness (QED) is 0.236. The van der Waals surface area contributed by atoms with Gasteiger partial charge in [-0.1, -0.05) is 49.2 Å². The van der Waals surface area contributed by atoms with Gasteiger partial charge in [-0.25, -0.2) is 9.59 Å². The molecule has 0 radical (unpaired) electrons. The Morgan fingerprint density at radius 1 is 1.24 bits per heavy atom. The number of allylic oxidation sites excluding steroid dienone is 3. The number of nitrogens with one attached hydrogen (secondary N) is 1. The summed E-state index contributed by atoms with van der Waals surface area (Å²) in [5, 5.41) is 26.6. The smallest absolute Gasteiger partial charge is 0.409 e. The minimum atomic E-state index is -1.91. The van der Waals surface area contributed by atoms with Crippen LogP contribution in [0.3, 0.4) is 0 Å². The van der Waals surface area contributed by atoms with E-state index in [1.807, 2.05) is 13.0 Å². The number of benzene rings is 1. The summed E-state index contributed by atoms with van der Waals surface area (Å²) in [5.74, 6) is -2.56. The van der Waals surface area contributed by atoms with Crippen LogP contribution in [0.25, 0.3) is 0 Å². The van der Waals surface area contributed by atoms with Gasteiger partial charge in [0, 0.05) is 34.0 Å². The minimum absolute atomic E-state index is 0.0931. The average Bonchev–Trinajstić information content (AvgIpc) is 3.07. The van der Waals surface area contributed by atoms with E-state index in [9.17, 15) is 29.4 Å². The molecule has 0 saturated carbocycles. The summed E-state index contributed by atoms with van der Waals surface area (Å²) in [6.45, 7) is 8.23. The zero-order valence-electron chi connectivity index (χ0n) is 30.8. The van der Waals surface area contributed by atoms with E-state index in [2.05, 4.69) is 17.9 Å². The van der Waals surface area contributed by atoms with Crippen molar-refractivity contribution in [2.75, 3.05) is 39.0 Å². The lowest BCUT2D eigenvalue weighted by atomic mass is 9.73. The Balaban J connectivity index is 2.18. The van der Waals surface area contributed by atoms with E-state index < -0.39 is 71.9 Å². The van der Waals surface area contributed by atoms with Gasteiger partial charge in [0.2, 0.25) is 11.8 Å². The van der Waals surface area contributed by atoms with Crippen molar-refractivity contribution in [2.24, 2.45) is 11.8 Å². The number of likely N-dealkylation sites (N-methyl/N-ethyl adjacent to an activating group) is 1. The number of nitrogens with zero attached hydrogens (tertiary/aromatic N) is 2. The van der Waals surface area contributed by atoms with Crippen molar-refractivity contribution in [2.45, 2.75) is 96.0 Å². The second-order valence-electron chi connectivity index (χ2n) is 13.7. The van der Waals surface area contributed by atoms with Crippen molar-refractivity contribution >= 4 is 53.8 Å². The van der Waals surface area contributed by atoms with Gasteiger partial charge in [0.15, 0.2) is 5.72 Å². The van der Waals surface area contributed by atoms with E-state index in [4.69, 9.17) is 30.5 Å². The lowest BCUT2D eigenvalue weighted by Crippen LogP contribution is -2.64. The van der Waals surface area contributed by atoms with Gasteiger partial charge in [-0.3, -0.25) is 14.9 Å². The number of halogens is 1. The molecular weight excluding hydrogens is 702 g/mol.